The van der Waals surface area contributed by atoms with Gasteiger partial charge < -0.3 is 5.32 Å². The summed E-state index contributed by atoms with van der Waals surface area (Å²) in [5.74, 6) is -0.450. The van der Waals surface area contributed by atoms with E-state index >= 15 is 0 Å². The van der Waals surface area contributed by atoms with Crippen LogP contribution in [0.15, 0.2) is 60.2 Å². The Kier molecular flexibility index (Phi) is 6.71. The number of carbonyl (C=O) groups excluding carboxylic acids is 1. The first-order valence-corrected chi connectivity index (χ1v) is 9.70. The minimum atomic E-state index is -0.450. The Morgan fingerprint density at radius 2 is 1.97 bits per heavy atom. The Balaban J connectivity index is 1.78. The lowest BCUT2D eigenvalue weighted by molar-refractivity contribution is -0.117. The molecule has 0 radical (unpaired) electrons. The average molecular weight is 425 g/mol. The molecule has 2 aromatic carbocycles. The van der Waals surface area contributed by atoms with Crippen molar-refractivity contribution in [2.45, 2.75) is 13.3 Å². The summed E-state index contributed by atoms with van der Waals surface area (Å²) in [7, 11) is 0. The smallest absolute Gasteiger partial charge is 0.261 e. The van der Waals surface area contributed by atoms with Crippen LogP contribution >= 0.6 is 23.2 Å². The highest BCUT2D eigenvalue weighted by Crippen LogP contribution is 2.26. The molecule has 3 rings (SSSR count). The van der Waals surface area contributed by atoms with Gasteiger partial charge in [-0.1, -0.05) is 59.6 Å². The van der Waals surface area contributed by atoms with Crippen molar-refractivity contribution in [2.75, 3.05) is 6.54 Å². The van der Waals surface area contributed by atoms with E-state index in [-0.39, 0.29) is 5.57 Å². The van der Waals surface area contributed by atoms with Crippen LogP contribution in [0.4, 0.5) is 0 Å². The van der Waals surface area contributed by atoms with Gasteiger partial charge in [0.05, 0.1) is 11.4 Å². The van der Waals surface area contributed by atoms with Gasteiger partial charge in [-0.3, -0.25) is 4.79 Å². The topological polar surface area (TPSA) is 70.7 Å². The Bertz CT molecular complexity index is 1100. The highest BCUT2D eigenvalue weighted by molar-refractivity contribution is 6.32. The van der Waals surface area contributed by atoms with E-state index in [1.165, 1.54) is 10.8 Å². The fourth-order valence-electron chi connectivity index (χ4n) is 2.81. The van der Waals surface area contributed by atoms with E-state index in [4.69, 9.17) is 23.2 Å². The molecule has 1 aromatic heterocycles. The third-order valence-electron chi connectivity index (χ3n) is 4.30. The van der Waals surface area contributed by atoms with Crippen LogP contribution in [0.2, 0.25) is 10.2 Å². The molecular weight excluding hydrogens is 407 g/mol. The molecule has 0 unspecified atom stereocenters. The predicted molar refractivity (Wildman–Crippen MR) is 115 cm³/mol. The van der Waals surface area contributed by atoms with Crippen LogP contribution in [0.1, 0.15) is 16.8 Å². The highest BCUT2D eigenvalue weighted by Gasteiger charge is 2.16. The number of rotatable bonds is 6. The maximum atomic E-state index is 12.4. The molecule has 0 aliphatic rings. The number of benzene rings is 2. The van der Waals surface area contributed by atoms with Gasteiger partial charge in [0.15, 0.2) is 0 Å². The summed E-state index contributed by atoms with van der Waals surface area (Å²) in [6.45, 7) is 2.19. The predicted octanol–water partition coefficient (Wildman–Crippen LogP) is 4.75. The standard InChI is InChI=1S/C22H18Cl2N4O/c1-15-20(21(24)28(27-15)19-9-5-8-18(23)13-19)12-17(14-25)22(29)26-11-10-16-6-3-2-4-7-16/h2-9,12-13H,10-11H2,1H3,(H,26,29)/b17-12+. The van der Waals surface area contributed by atoms with Crippen LogP contribution in [0.5, 0.6) is 0 Å². The van der Waals surface area contributed by atoms with E-state index in [1.807, 2.05) is 42.5 Å². The zero-order valence-electron chi connectivity index (χ0n) is 15.7. The lowest BCUT2D eigenvalue weighted by Gasteiger charge is -2.05. The van der Waals surface area contributed by atoms with Gasteiger partial charge in [-0.05, 0) is 43.2 Å². The lowest BCUT2D eigenvalue weighted by atomic mass is 10.1. The van der Waals surface area contributed by atoms with Crippen LogP contribution < -0.4 is 5.32 Å². The first kappa shape index (κ1) is 20.7. The zero-order chi connectivity index (χ0) is 20.8. The second-order valence-corrected chi connectivity index (χ2v) is 7.14. The van der Waals surface area contributed by atoms with E-state index in [1.54, 1.807) is 25.1 Å². The molecule has 3 aromatic rings. The molecule has 5 nitrogen and oxygen atoms in total. The Morgan fingerprint density at radius 3 is 2.66 bits per heavy atom. The van der Waals surface area contributed by atoms with E-state index < -0.39 is 5.91 Å². The molecule has 0 fully saturated rings. The molecule has 29 heavy (non-hydrogen) atoms. The van der Waals surface area contributed by atoms with E-state index in [9.17, 15) is 10.1 Å². The average Bonchev–Trinajstić information content (AvgIpc) is 3.00. The number of carbonyl (C=O) groups is 1. The van der Waals surface area contributed by atoms with Crippen LogP contribution in [0, 0.1) is 18.3 Å². The first-order valence-electron chi connectivity index (χ1n) is 8.94. The minimum Gasteiger partial charge on any atom is -0.351 e. The molecule has 1 heterocycles. The van der Waals surface area contributed by atoms with Gasteiger partial charge in [-0.2, -0.15) is 10.4 Å². The summed E-state index contributed by atoms with van der Waals surface area (Å²) >= 11 is 12.5. The molecule has 0 aliphatic carbocycles. The molecule has 1 N–H and O–H groups in total. The maximum Gasteiger partial charge on any atom is 0.261 e. The number of aryl methyl sites for hydroxylation is 1. The summed E-state index contributed by atoms with van der Waals surface area (Å²) < 4.78 is 1.52. The third kappa shape index (κ3) is 5.05. The largest absolute Gasteiger partial charge is 0.351 e. The zero-order valence-corrected chi connectivity index (χ0v) is 17.2. The van der Waals surface area contributed by atoms with Gasteiger partial charge in [0.2, 0.25) is 0 Å². The molecule has 1 amide bonds. The Morgan fingerprint density at radius 1 is 1.21 bits per heavy atom. The molecule has 0 saturated heterocycles. The summed E-state index contributed by atoms with van der Waals surface area (Å²) in [5, 5.41) is 17.5. The van der Waals surface area contributed by atoms with Crippen molar-refractivity contribution in [2.24, 2.45) is 0 Å². The number of nitrogens with zero attached hydrogens (tertiary/aromatic N) is 3. The molecule has 0 atom stereocenters. The van der Waals surface area contributed by atoms with Gasteiger partial charge in [0.1, 0.15) is 16.8 Å². The van der Waals surface area contributed by atoms with Crippen molar-refractivity contribution in [3.05, 3.63) is 87.2 Å². The summed E-state index contributed by atoms with van der Waals surface area (Å²) in [5.41, 5.74) is 2.88. The summed E-state index contributed by atoms with van der Waals surface area (Å²) in [4.78, 5) is 12.4. The van der Waals surface area contributed by atoms with Gasteiger partial charge in [0.25, 0.3) is 5.91 Å². The molecule has 7 heteroatoms. The number of nitriles is 1. The number of hydrogen-bond donors (Lipinski definition) is 1. The maximum absolute atomic E-state index is 12.4. The van der Waals surface area contributed by atoms with E-state index in [0.717, 1.165) is 5.56 Å². The van der Waals surface area contributed by atoms with Crippen molar-refractivity contribution in [1.82, 2.24) is 15.1 Å². The van der Waals surface area contributed by atoms with Crippen molar-refractivity contribution < 1.29 is 4.79 Å². The van der Waals surface area contributed by atoms with Gasteiger partial charge in [-0.15, -0.1) is 0 Å². The van der Waals surface area contributed by atoms with E-state index in [0.29, 0.717) is 40.1 Å². The van der Waals surface area contributed by atoms with Crippen LogP contribution in [0.25, 0.3) is 11.8 Å². The van der Waals surface area contributed by atoms with Crippen molar-refractivity contribution in [3.63, 3.8) is 0 Å². The number of amides is 1. The Hall–Kier alpha value is -3.07. The number of halogens is 2. The lowest BCUT2D eigenvalue weighted by Crippen LogP contribution is -2.26. The highest BCUT2D eigenvalue weighted by atomic mass is 35.5. The Labute approximate surface area is 179 Å². The fraction of sp³-hybridized carbons (Fsp3) is 0.136. The normalized spacial score (nSPS) is 11.2. The first-order chi connectivity index (χ1) is 14.0. The van der Waals surface area contributed by atoms with Crippen LogP contribution in [-0.2, 0) is 11.2 Å². The second kappa shape index (κ2) is 9.42. The van der Waals surface area contributed by atoms with Gasteiger partial charge >= 0.3 is 0 Å². The molecule has 0 saturated carbocycles. The third-order valence-corrected chi connectivity index (χ3v) is 4.90. The second-order valence-electron chi connectivity index (χ2n) is 6.34. The summed E-state index contributed by atoms with van der Waals surface area (Å²) in [6.07, 6.45) is 2.14. The fourth-order valence-corrected chi connectivity index (χ4v) is 3.32. The van der Waals surface area contributed by atoms with Crippen LogP contribution in [-0.4, -0.2) is 22.2 Å². The molecular formula is C22H18Cl2N4O. The monoisotopic (exact) mass is 424 g/mol. The van der Waals surface area contributed by atoms with Gasteiger partial charge in [-0.25, -0.2) is 4.68 Å². The van der Waals surface area contributed by atoms with Crippen molar-refractivity contribution in [3.8, 4) is 11.8 Å². The minimum absolute atomic E-state index is 0.0336. The van der Waals surface area contributed by atoms with E-state index in [2.05, 4.69) is 10.4 Å². The molecule has 0 aliphatic heterocycles. The molecule has 0 bridgehead atoms. The summed E-state index contributed by atoms with van der Waals surface area (Å²) in [6, 6.07) is 18.8. The number of hydrogen-bond acceptors (Lipinski definition) is 3. The van der Waals surface area contributed by atoms with Crippen molar-refractivity contribution >= 4 is 35.2 Å². The number of aromatic nitrogens is 2. The van der Waals surface area contributed by atoms with Crippen LogP contribution in [0.3, 0.4) is 0 Å². The van der Waals surface area contributed by atoms with Crippen molar-refractivity contribution in [1.29, 1.82) is 5.26 Å². The number of nitrogens with one attached hydrogen (secondary N) is 1. The molecule has 146 valence electrons. The van der Waals surface area contributed by atoms with Gasteiger partial charge in [0, 0.05) is 17.1 Å². The SMILES string of the molecule is Cc1nn(-c2cccc(Cl)c2)c(Cl)c1/C=C(\C#N)C(=O)NCCc1ccccc1. The molecule has 0 spiro atoms. The quantitative estimate of drug-likeness (QED) is 0.458.